The van der Waals surface area contributed by atoms with Gasteiger partial charge in [-0.25, -0.2) is 0 Å². The lowest BCUT2D eigenvalue weighted by atomic mass is 10.0. The number of unbranched alkanes of at least 4 members (excludes halogenated alkanes) is 40. The third-order valence-electron chi connectivity index (χ3n) is 13.9. The third kappa shape index (κ3) is 56.5. The fraction of sp³-hybridized carbons (Fsp3) is 0.859. The molecule has 0 aliphatic carbocycles. The minimum absolute atomic E-state index is 0.0729. The third-order valence-corrected chi connectivity index (χ3v) is 13.9. The van der Waals surface area contributed by atoms with Crippen LogP contribution in [-0.2, 0) is 28.6 Å². The molecule has 410 valence electrons. The first-order valence-electron chi connectivity index (χ1n) is 31.0. The molecule has 1 unspecified atom stereocenters. The second-order valence-corrected chi connectivity index (χ2v) is 21.0. The second-order valence-electron chi connectivity index (χ2n) is 21.0. The Morgan fingerprint density at radius 2 is 0.557 bits per heavy atom. The van der Waals surface area contributed by atoms with Crippen LogP contribution in [0.1, 0.15) is 335 Å². The maximum atomic E-state index is 12.8. The van der Waals surface area contributed by atoms with Crippen molar-refractivity contribution in [3.05, 3.63) is 36.5 Å². The normalized spacial score (nSPS) is 12.2. The van der Waals surface area contributed by atoms with Gasteiger partial charge in [0, 0.05) is 19.3 Å². The van der Waals surface area contributed by atoms with Crippen molar-refractivity contribution in [2.24, 2.45) is 0 Å². The van der Waals surface area contributed by atoms with Gasteiger partial charge in [0.05, 0.1) is 0 Å². The highest BCUT2D eigenvalue weighted by molar-refractivity contribution is 5.71. The van der Waals surface area contributed by atoms with Crippen molar-refractivity contribution in [2.75, 3.05) is 13.2 Å². The Bertz CT molecular complexity index is 1170. The van der Waals surface area contributed by atoms with E-state index in [0.29, 0.717) is 19.3 Å². The topological polar surface area (TPSA) is 78.9 Å². The summed E-state index contributed by atoms with van der Waals surface area (Å²) in [6.45, 7) is 6.48. The molecule has 1 atom stereocenters. The van der Waals surface area contributed by atoms with Crippen molar-refractivity contribution in [3.63, 3.8) is 0 Å². The summed E-state index contributed by atoms with van der Waals surface area (Å²) in [4.78, 5) is 37.8. The van der Waals surface area contributed by atoms with Gasteiger partial charge in [-0.3, -0.25) is 14.4 Å². The molecule has 0 aromatic rings. The van der Waals surface area contributed by atoms with Crippen molar-refractivity contribution in [2.45, 2.75) is 341 Å². The largest absolute Gasteiger partial charge is 0.462 e. The molecule has 0 aliphatic rings. The molecule has 0 fully saturated rings. The Labute approximate surface area is 435 Å². The van der Waals surface area contributed by atoms with Gasteiger partial charge < -0.3 is 14.2 Å². The Hall–Kier alpha value is -2.37. The lowest BCUT2D eigenvalue weighted by Gasteiger charge is -2.18. The maximum Gasteiger partial charge on any atom is 0.306 e. The summed E-state index contributed by atoms with van der Waals surface area (Å²) in [7, 11) is 0. The Balaban J connectivity index is 3.93. The highest BCUT2D eigenvalue weighted by Gasteiger charge is 2.19. The van der Waals surface area contributed by atoms with E-state index in [9.17, 15) is 14.4 Å². The van der Waals surface area contributed by atoms with Crippen LogP contribution in [0.4, 0.5) is 0 Å². The van der Waals surface area contributed by atoms with Crippen LogP contribution in [0.2, 0.25) is 0 Å². The van der Waals surface area contributed by atoms with Crippen molar-refractivity contribution < 1.29 is 28.6 Å². The number of esters is 3. The summed E-state index contributed by atoms with van der Waals surface area (Å²) >= 11 is 0. The van der Waals surface area contributed by atoms with Crippen LogP contribution in [0.3, 0.4) is 0 Å². The standard InChI is InChI=1S/C64H118O6/c1-4-7-10-13-15-17-19-21-23-25-26-27-28-29-30-31-32-33-34-35-36-37-39-40-42-44-46-48-51-54-57-63(66)69-60-61(59-68-62(65)56-53-50-12-9-6-3)70-64(67)58-55-52-49-47-45-43-41-38-24-22-20-18-16-14-11-8-5-2/h8,11,16,18,22,24,61H,4-7,9-10,12-15,17,19-21,23,25-60H2,1-3H3/b11-8-,18-16-,24-22-. The number of rotatable bonds is 57. The zero-order valence-electron chi connectivity index (χ0n) is 47.1. The van der Waals surface area contributed by atoms with Crippen molar-refractivity contribution >= 4 is 17.9 Å². The van der Waals surface area contributed by atoms with E-state index in [2.05, 4.69) is 57.2 Å². The zero-order valence-corrected chi connectivity index (χ0v) is 47.1. The van der Waals surface area contributed by atoms with Gasteiger partial charge in [-0.15, -0.1) is 0 Å². The SMILES string of the molecule is CC/C=C\C/C=C\C/C=C\CCCCCCCCCC(=O)OC(COC(=O)CCCCCCC)COC(=O)CCCCCCCCCCCCCCCCCCCCCCCCCCCCCCCC. The Morgan fingerprint density at radius 3 is 0.871 bits per heavy atom. The monoisotopic (exact) mass is 983 g/mol. The molecule has 0 saturated heterocycles. The van der Waals surface area contributed by atoms with Crippen LogP contribution in [0.25, 0.3) is 0 Å². The molecule has 0 N–H and O–H groups in total. The Kier molecular flexibility index (Phi) is 57.2. The first kappa shape index (κ1) is 67.6. The Morgan fingerprint density at radius 1 is 0.300 bits per heavy atom. The van der Waals surface area contributed by atoms with Crippen LogP contribution in [0.15, 0.2) is 36.5 Å². The lowest BCUT2D eigenvalue weighted by molar-refractivity contribution is -0.167. The predicted molar refractivity (Wildman–Crippen MR) is 302 cm³/mol. The van der Waals surface area contributed by atoms with E-state index in [-0.39, 0.29) is 31.1 Å². The molecular formula is C64H118O6. The summed E-state index contributed by atoms with van der Waals surface area (Å²) in [5.41, 5.74) is 0. The van der Waals surface area contributed by atoms with Gasteiger partial charge in [0.1, 0.15) is 13.2 Å². The number of allylic oxidation sites excluding steroid dienone is 6. The van der Waals surface area contributed by atoms with Gasteiger partial charge in [-0.05, 0) is 51.4 Å². The molecule has 70 heavy (non-hydrogen) atoms. The molecule has 6 nitrogen and oxygen atoms in total. The van der Waals surface area contributed by atoms with Gasteiger partial charge in [0.15, 0.2) is 6.10 Å². The number of ether oxygens (including phenoxy) is 3. The van der Waals surface area contributed by atoms with Crippen LogP contribution < -0.4 is 0 Å². The fourth-order valence-corrected chi connectivity index (χ4v) is 9.28. The first-order valence-corrected chi connectivity index (χ1v) is 31.0. The van der Waals surface area contributed by atoms with Gasteiger partial charge in [0.25, 0.3) is 0 Å². The molecule has 0 radical (unpaired) electrons. The molecule has 0 aromatic heterocycles. The van der Waals surface area contributed by atoms with Crippen molar-refractivity contribution in [3.8, 4) is 0 Å². The molecule has 0 bridgehead atoms. The summed E-state index contributed by atoms with van der Waals surface area (Å²) in [6, 6.07) is 0. The summed E-state index contributed by atoms with van der Waals surface area (Å²) in [5.74, 6) is -0.881. The van der Waals surface area contributed by atoms with Crippen LogP contribution in [-0.4, -0.2) is 37.2 Å². The zero-order chi connectivity index (χ0) is 50.7. The fourth-order valence-electron chi connectivity index (χ4n) is 9.28. The van der Waals surface area contributed by atoms with E-state index in [1.54, 1.807) is 0 Å². The van der Waals surface area contributed by atoms with E-state index in [1.807, 2.05) is 0 Å². The van der Waals surface area contributed by atoms with E-state index >= 15 is 0 Å². The number of carbonyl (C=O) groups is 3. The van der Waals surface area contributed by atoms with Gasteiger partial charge in [-0.2, -0.15) is 0 Å². The highest BCUT2D eigenvalue weighted by Crippen LogP contribution is 2.18. The number of hydrogen-bond donors (Lipinski definition) is 0. The number of carbonyl (C=O) groups excluding carboxylic acids is 3. The van der Waals surface area contributed by atoms with Crippen molar-refractivity contribution in [1.29, 1.82) is 0 Å². The quantitative estimate of drug-likeness (QED) is 0.0261. The molecule has 0 aliphatic heterocycles. The average Bonchev–Trinajstić information content (AvgIpc) is 3.36. The summed E-state index contributed by atoms with van der Waals surface area (Å²) in [5, 5.41) is 0. The van der Waals surface area contributed by atoms with Gasteiger partial charge in [0.2, 0.25) is 0 Å². The summed E-state index contributed by atoms with van der Waals surface area (Å²) in [6.07, 6.45) is 72.2. The van der Waals surface area contributed by atoms with E-state index < -0.39 is 6.10 Å². The first-order chi connectivity index (χ1) is 34.5. The molecule has 0 heterocycles. The molecule has 0 amide bonds. The minimum atomic E-state index is -0.771. The average molecular weight is 984 g/mol. The van der Waals surface area contributed by atoms with Crippen LogP contribution in [0.5, 0.6) is 0 Å². The number of hydrogen-bond acceptors (Lipinski definition) is 6. The smallest absolute Gasteiger partial charge is 0.306 e. The van der Waals surface area contributed by atoms with E-state index in [4.69, 9.17) is 14.2 Å². The molecular weight excluding hydrogens is 865 g/mol. The maximum absolute atomic E-state index is 12.8. The molecule has 6 heteroatoms. The van der Waals surface area contributed by atoms with Gasteiger partial charge >= 0.3 is 17.9 Å². The molecule has 0 aromatic carbocycles. The van der Waals surface area contributed by atoms with Crippen molar-refractivity contribution in [1.82, 2.24) is 0 Å². The molecule has 0 rings (SSSR count). The lowest BCUT2D eigenvalue weighted by Crippen LogP contribution is -2.30. The second kappa shape index (κ2) is 59.2. The van der Waals surface area contributed by atoms with Crippen LogP contribution >= 0.6 is 0 Å². The van der Waals surface area contributed by atoms with Crippen LogP contribution in [0, 0.1) is 0 Å². The minimum Gasteiger partial charge on any atom is -0.462 e. The predicted octanol–water partition coefficient (Wildman–Crippen LogP) is 20.8. The van der Waals surface area contributed by atoms with Gasteiger partial charge in [-0.1, -0.05) is 301 Å². The highest BCUT2D eigenvalue weighted by atomic mass is 16.6. The van der Waals surface area contributed by atoms with E-state index in [1.165, 1.54) is 205 Å². The molecule has 0 saturated carbocycles. The molecule has 0 spiro atoms. The van der Waals surface area contributed by atoms with E-state index in [0.717, 1.165) is 89.9 Å². The summed E-state index contributed by atoms with van der Waals surface area (Å²) < 4.78 is 16.7.